The number of carbonyl (C=O) groups excluding carboxylic acids is 2. The van der Waals surface area contributed by atoms with Crippen molar-refractivity contribution in [3.8, 4) is 5.75 Å². The third kappa shape index (κ3) is 4.75. The summed E-state index contributed by atoms with van der Waals surface area (Å²) in [6.07, 6.45) is 3.45. The maximum Gasteiger partial charge on any atom is 0.227 e. The van der Waals surface area contributed by atoms with Crippen LogP contribution in [-0.2, 0) is 16.0 Å². The Balaban J connectivity index is 1.79. The van der Waals surface area contributed by atoms with Gasteiger partial charge >= 0.3 is 0 Å². The van der Waals surface area contributed by atoms with Crippen LogP contribution in [0, 0.1) is 5.92 Å². The van der Waals surface area contributed by atoms with Gasteiger partial charge in [-0.1, -0.05) is 18.2 Å². The van der Waals surface area contributed by atoms with E-state index in [2.05, 4.69) is 4.98 Å². The molecule has 0 bridgehead atoms. The highest BCUT2D eigenvalue weighted by Gasteiger charge is 2.40. The van der Waals surface area contributed by atoms with Gasteiger partial charge in [-0.3, -0.25) is 14.6 Å². The average Bonchev–Trinajstić information content (AvgIpc) is 2.77. The van der Waals surface area contributed by atoms with E-state index in [1.807, 2.05) is 61.3 Å². The Labute approximate surface area is 172 Å². The minimum Gasteiger partial charge on any atom is -0.497 e. The van der Waals surface area contributed by atoms with Gasteiger partial charge in [-0.2, -0.15) is 0 Å². The maximum atomic E-state index is 13.3. The van der Waals surface area contributed by atoms with Gasteiger partial charge in [0.1, 0.15) is 5.75 Å². The molecule has 0 saturated carbocycles. The summed E-state index contributed by atoms with van der Waals surface area (Å²) in [6.45, 7) is 3.14. The van der Waals surface area contributed by atoms with Crippen LogP contribution >= 0.6 is 0 Å². The second-order valence-corrected chi connectivity index (χ2v) is 7.37. The van der Waals surface area contributed by atoms with Crippen molar-refractivity contribution in [1.29, 1.82) is 0 Å². The van der Waals surface area contributed by atoms with Crippen molar-refractivity contribution in [2.45, 2.75) is 32.2 Å². The number of carbonyl (C=O) groups is 2. The number of hydrogen-bond acceptors (Lipinski definition) is 4. The minimum absolute atomic E-state index is 0.0766. The molecule has 2 aromatic rings. The molecule has 0 unspecified atom stereocenters. The van der Waals surface area contributed by atoms with Crippen LogP contribution in [0.4, 0.5) is 0 Å². The van der Waals surface area contributed by atoms with Gasteiger partial charge in [0.15, 0.2) is 0 Å². The number of piperidine rings is 1. The number of rotatable bonds is 7. The topological polar surface area (TPSA) is 62.7 Å². The number of likely N-dealkylation sites (N-methyl/N-ethyl adjacent to an activating group) is 1. The lowest BCUT2D eigenvalue weighted by molar-refractivity contribution is -0.147. The van der Waals surface area contributed by atoms with E-state index in [0.29, 0.717) is 32.4 Å². The number of methoxy groups -OCH3 is 1. The molecule has 6 heteroatoms. The van der Waals surface area contributed by atoms with E-state index in [9.17, 15) is 9.59 Å². The van der Waals surface area contributed by atoms with Gasteiger partial charge in [-0.25, -0.2) is 0 Å². The summed E-state index contributed by atoms with van der Waals surface area (Å²) in [5.74, 6) is 0.685. The van der Waals surface area contributed by atoms with Crippen LogP contribution in [0.2, 0.25) is 0 Å². The Morgan fingerprint density at radius 1 is 1.24 bits per heavy atom. The standard InChI is InChI=1S/C23H29N3O3/c1-4-26-21(27)13-12-20(22(26)17-8-10-19(29-3)11-9-17)23(28)25(2)16-14-18-7-5-6-15-24-18/h5-11,15,20,22H,4,12-14,16H2,1-3H3/t20-,22+/m1/s1. The van der Waals surface area contributed by atoms with Crippen LogP contribution in [0.3, 0.4) is 0 Å². The number of ether oxygens (including phenoxy) is 1. The fourth-order valence-corrected chi connectivity index (χ4v) is 4.02. The molecule has 1 fully saturated rings. The molecular formula is C23H29N3O3. The molecule has 29 heavy (non-hydrogen) atoms. The molecule has 154 valence electrons. The van der Waals surface area contributed by atoms with Gasteiger partial charge in [-0.15, -0.1) is 0 Å². The van der Waals surface area contributed by atoms with Crippen LogP contribution < -0.4 is 4.74 Å². The van der Waals surface area contributed by atoms with Crippen LogP contribution in [0.15, 0.2) is 48.7 Å². The number of hydrogen-bond donors (Lipinski definition) is 0. The SMILES string of the molecule is CCN1C(=O)CC[C@@H](C(=O)N(C)CCc2ccccn2)[C@@H]1c1ccc(OC)cc1. The molecule has 3 rings (SSSR count). The number of benzene rings is 1. The molecule has 2 amide bonds. The summed E-state index contributed by atoms with van der Waals surface area (Å²) in [4.78, 5) is 33.8. The molecule has 2 atom stereocenters. The molecule has 0 N–H and O–H groups in total. The first-order chi connectivity index (χ1) is 14.0. The van der Waals surface area contributed by atoms with E-state index in [4.69, 9.17) is 4.74 Å². The monoisotopic (exact) mass is 395 g/mol. The minimum atomic E-state index is -0.255. The Hall–Kier alpha value is -2.89. The van der Waals surface area contributed by atoms with E-state index in [1.165, 1.54) is 0 Å². The number of pyridine rings is 1. The van der Waals surface area contributed by atoms with E-state index >= 15 is 0 Å². The number of nitrogens with zero attached hydrogens (tertiary/aromatic N) is 3. The molecule has 6 nitrogen and oxygen atoms in total. The Kier molecular flexibility index (Phi) is 6.86. The molecule has 0 aliphatic carbocycles. The predicted octanol–water partition coefficient (Wildman–Crippen LogP) is 3.09. The normalized spacial score (nSPS) is 19.1. The highest BCUT2D eigenvalue weighted by atomic mass is 16.5. The molecule has 1 aromatic heterocycles. The van der Waals surface area contributed by atoms with Gasteiger partial charge in [0, 0.05) is 44.9 Å². The number of aromatic nitrogens is 1. The van der Waals surface area contributed by atoms with Crippen molar-refractivity contribution >= 4 is 11.8 Å². The fraction of sp³-hybridized carbons (Fsp3) is 0.435. The zero-order chi connectivity index (χ0) is 20.8. The van der Waals surface area contributed by atoms with Gasteiger partial charge in [0.05, 0.1) is 19.1 Å². The highest BCUT2D eigenvalue weighted by molar-refractivity contribution is 5.85. The molecule has 0 spiro atoms. The number of amides is 2. The third-order valence-corrected chi connectivity index (χ3v) is 5.63. The first kappa shape index (κ1) is 20.8. The Morgan fingerprint density at radius 2 is 2.00 bits per heavy atom. The summed E-state index contributed by atoms with van der Waals surface area (Å²) in [5.41, 5.74) is 1.94. The van der Waals surface area contributed by atoms with Crippen LogP contribution in [0.5, 0.6) is 5.75 Å². The Morgan fingerprint density at radius 3 is 2.62 bits per heavy atom. The van der Waals surface area contributed by atoms with E-state index in [-0.39, 0.29) is 23.8 Å². The van der Waals surface area contributed by atoms with E-state index in [0.717, 1.165) is 17.0 Å². The Bertz CT molecular complexity index is 823. The van der Waals surface area contributed by atoms with E-state index in [1.54, 1.807) is 18.2 Å². The third-order valence-electron chi connectivity index (χ3n) is 5.63. The lowest BCUT2D eigenvalue weighted by atomic mass is 9.83. The lowest BCUT2D eigenvalue weighted by Crippen LogP contribution is -2.48. The molecule has 1 aromatic carbocycles. The molecule has 0 radical (unpaired) electrons. The van der Waals surface area contributed by atoms with Crippen molar-refractivity contribution in [2.75, 3.05) is 27.2 Å². The predicted molar refractivity (Wildman–Crippen MR) is 111 cm³/mol. The van der Waals surface area contributed by atoms with Crippen molar-refractivity contribution in [1.82, 2.24) is 14.8 Å². The average molecular weight is 396 g/mol. The van der Waals surface area contributed by atoms with Crippen molar-refractivity contribution in [3.05, 3.63) is 59.9 Å². The van der Waals surface area contributed by atoms with E-state index < -0.39 is 0 Å². The first-order valence-electron chi connectivity index (χ1n) is 10.1. The molecule has 2 heterocycles. The summed E-state index contributed by atoms with van der Waals surface area (Å²) < 4.78 is 5.26. The zero-order valence-corrected chi connectivity index (χ0v) is 17.4. The van der Waals surface area contributed by atoms with Crippen molar-refractivity contribution in [3.63, 3.8) is 0 Å². The fourth-order valence-electron chi connectivity index (χ4n) is 4.02. The second kappa shape index (κ2) is 9.54. The largest absolute Gasteiger partial charge is 0.497 e. The second-order valence-electron chi connectivity index (χ2n) is 7.37. The first-order valence-corrected chi connectivity index (χ1v) is 10.1. The van der Waals surface area contributed by atoms with Gasteiger partial charge in [0.2, 0.25) is 11.8 Å². The molecule has 1 aliphatic heterocycles. The van der Waals surface area contributed by atoms with Crippen LogP contribution in [0.1, 0.15) is 37.1 Å². The van der Waals surface area contributed by atoms with Gasteiger partial charge in [-0.05, 0) is 43.2 Å². The molecular weight excluding hydrogens is 366 g/mol. The lowest BCUT2D eigenvalue weighted by Gasteiger charge is -2.41. The number of likely N-dealkylation sites (tertiary alicyclic amines) is 1. The highest BCUT2D eigenvalue weighted by Crippen LogP contribution is 2.38. The zero-order valence-electron chi connectivity index (χ0n) is 17.4. The van der Waals surface area contributed by atoms with Crippen LogP contribution in [0.25, 0.3) is 0 Å². The smallest absolute Gasteiger partial charge is 0.227 e. The molecule has 1 saturated heterocycles. The van der Waals surface area contributed by atoms with Crippen molar-refractivity contribution < 1.29 is 14.3 Å². The summed E-state index contributed by atoms with van der Waals surface area (Å²) in [7, 11) is 3.46. The van der Waals surface area contributed by atoms with Crippen molar-refractivity contribution in [2.24, 2.45) is 5.92 Å². The summed E-state index contributed by atoms with van der Waals surface area (Å²) >= 11 is 0. The van der Waals surface area contributed by atoms with Crippen LogP contribution in [-0.4, -0.2) is 53.8 Å². The summed E-state index contributed by atoms with van der Waals surface area (Å²) in [5, 5.41) is 0. The van der Waals surface area contributed by atoms with Gasteiger partial charge in [0.25, 0.3) is 0 Å². The molecule has 1 aliphatic rings. The summed E-state index contributed by atoms with van der Waals surface area (Å²) in [6, 6.07) is 13.2. The quantitative estimate of drug-likeness (QED) is 0.723. The maximum absolute atomic E-state index is 13.3. The van der Waals surface area contributed by atoms with Gasteiger partial charge < -0.3 is 14.5 Å².